The number of carboxylic acid groups (broad SMARTS) is 1. The molecule has 0 spiro atoms. The van der Waals surface area contributed by atoms with Crippen molar-refractivity contribution in [1.29, 1.82) is 0 Å². The van der Waals surface area contributed by atoms with E-state index in [9.17, 15) is 19.2 Å². The number of halogens is 1. The predicted molar refractivity (Wildman–Crippen MR) is 156 cm³/mol. The molecule has 0 saturated carbocycles. The number of nitrogens with one attached hydrogen (secondary N) is 2. The Kier molecular flexibility index (Phi) is 13.3. The summed E-state index contributed by atoms with van der Waals surface area (Å²) in [5, 5.41) is 14.0. The average molecular weight is 592 g/mol. The molecule has 0 bridgehead atoms. The molecule has 2 rings (SSSR count). The van der Waals surface area contributed by atoms with Crippen LogP contribution < -0.4 is 10.6 Å². The van der Waals surface area contributed by atoms with Gasteiger partial charge in [-0.3, -0.25) is 15.4 Å². The van der Waals surface area contributed by atoms with Gasteiger partial charge in [0.1, 0.15) is 17.0 Å². The minimum Gasteiger partial charge on any atom is -0.481 e. The molecule has 3 N–H and O–H groups in total. The number of carbonyl (C=O) groups excluding carboxylic acids is 3. The average Bonchev–Trinajstić information content (AvgIpc) is 2.97. The van der Waals surface area contributed by atoms with E-state index in [1.54, 1.807) is 41.5 Å². The number of ether oxygens (including phenoxy) is 3. The highest BCUT2D eigenvalue weighted by Crippen LogP contribution is 2.24. The van der Waals surface area contributed by atoms with Gasteiger partial charge in [0.25, 0.3) is 0 Å². The molecule has 0 radical (unpaired) electrons. The highest BCUT2D eigenvalue weighted by molar-refractivity contribution is 6.30. The summed E-state index contributed by atoms with van der Waals surface area (Å²) in [6, 6.07) is 5.84. The van der Waals surface area contributed by atoms with Crippen molar-refractivity contribution in [3.05, 3.63) is 64.4 Å². The van der Waals surface area contributed by atoms with Crippen LogP contribution in [-0.4, -0.2) is 46.4 Å². The molecule has 1 aliphatic carbocycles. The third-order valence-electron chi connectivity index (χ3n) is 4.33. The van der Waals surface area contributed by atoms with Gasteiger partial charge >= 0.3 is 24.1 Å². The summed E-state index contributed by atoms with van der Waals surface area (Å²) < 4.78 is 15.9. The minimum absolute atomic E-state index is 0.116. The Morgan fingerprint density at radius 3 is 1.88 bits per heavy atom. The van der Waals surface area contributed by atoms with E-state index in [1.165, 1.54) is 42.5 Å². The highest BCUT2D eigenvalue weighted by Gasteiger charge is 2.21. The van der Waals surface area contributed by atoms with Gasteiger partial charge in [-0.15, -0.1) is 0 Å². The Morgan fingerprint density at radius 1 is 0.902 bits per heavy atom. The fraction of sp³-hybridized carbons (Fsp3) is 0.414. The largest absolute Gasteiger partial charge is 0.481 e. The SMILES string of the molecule is CC.CC(C)(C)OC(=O)NC(=Nc1ccc(C(=O)OC2=CC=C(CC(=O)O)C=C(Cl)C2)cc1)NC(=O)OC(C)(C)C. The Labute approximate surface area is 245 Å². The molecule has 0 fully saturated rings. The Bertz CT molecular complexity index is 1200. The van der Waals surface area contributed by atoms with Crippen molar-refractivity contribution in [2.75, 3.05) is 0 Å². The van der Waals surface area contributed by atoms with Crippen molar-refractivity contribution in [2.24, 2.45) is 4.99 Å². The van der Waals surface area contributed by atoms with Crippen LogP contribution in [0.1, 0.15) is 78.6 Å². The van der Waals surface area contributed by atoms with Crippen LogP contribution in [0, 0.1) is 0 Å². The molecule has 224 valence electrons. The zero-order chi connectivity index (χ0) is 31.4. The molecule has 1 aliphatic rings. The van der Waals surface area contributed by atoms with Crippen LogP contribution in [0.2, 0.25) is 0 Å². The second-order valence-electron chi connectivity index (χ2n) is 10.4. The summed E-state index contributed by atoms with van der Waals surface area (Å²) in [7, 11) is 0. The number of carbonyl (C=O) groups is 4. The van der Waals surface area contributed by atoms with Gasteiger partial charge in [0.2, 0.25) is 5.96 Å². The zero-order valence-electron chi connectivity index (χ0n) is 24.6. The maximum Gasteiger partial charge on any atom is 0.414 e. The summed E-state index contributed by atoms with van der Waals surface area (Å²) in [5.41, 5.74) is -0.630. The van der Waals surface area contributed by atoms with Gasteiger partial charge in [-0.25, -0.2) is 19.4 Å². The van der Waals surface area contributed by atoms with Crippen molar-refractivity contribution in [3.63, 3.8) is 0 Å². The summed E-state index contributed by atoms with van der Waals surface area (Å²) >= 11 is 6.14. The lowest BCUT2D eigenvalue weighted by molar-refractivity contribution is -0.136. The number of aliphatic imine (C=N–C) groups is 1. The first kappa shape index (κ1) is 34.9. The van der Waals surface area contributed by atoms with Gasteiger partial charge in [-0.05, 0) is 83.5 Å². The molecule has 0 unspecified atom stereocenters. The van der Waals surface area contributed by atoms with Crippen molar-refractivity contribution in [1.82, 2.24) is 10.6 Å². The third-order valence-corrected chi connectivity index (χ3v) is 4.57. The molecule has 1 aromatic carbocycles. The fourth-order valence-electron chi connectivity index (χ4n) is 2.95. The van der Waals surface area contributed by atoms with E-state index in [1.807, 2.05) is 13.8 Å². The second-order valence-corrected chi connectivity index (χ2v) is 10.8. The topological polar surface area (TPSA) is 153 Å². The zero-order valence-corrected chi connectivity index (χ0v) is 25.3. The lowest BCUT2D eigenvalue weighted by Crippen LogP contribution is -2.47. The van der Waals surface area contributed by atoms with Gasteiger partial charge in [0.05, 0.1) is 17.7 Å². The molecule has 0 heterocycles. The predicted octanol–water partition coefficient (Wildman–Crippen LogP) is 6.72. The summed E-state index contributed by atoms with van der Waals surface area (Å²) in [5.74, 6) is -1.68. The molecule has 12 heteroatoms. The van der Waals surface area contributed by atoms with Crippen molar-refractivity contribution >= 4 is 47.4 Å². The van der Waals surface area contributed by atoms with Crippen molar-refractivity contribution in [2.45, 2.75) is 79.4 Å². The first-order valence-electron chi connectivity index (χ1n) is 12.9. The fourth-order valence-corrected chi connectivity index (χ4v) is 3.22. The number of allylic oxidation sites excluding steroid dienone is 4. The van der Waals surface area contributed by atoms with Gasteiger partial charge in [0.15, 0.2) is 0 Å². The number of hydrogen-bond acceptors (Lipinski definition) is 8. The molecule has 0 aliphatic heterocycles. The number of rotatable bonds is 5. The standard InChI is InChI=1S/C27H32ClN3O8.C2H6/c1-26(2,3)38-24(35)30-23(31-25(36)39-27(4,5)6)29-19-10-8-17(9-11-19)22(34)37-20-12-7-16(14-21(32)33)13-18(28)15-20;1-2/h7-13H,14-15H2,1-6H3,(H,32,33)(H2,29,30,31,35,36);1-2H3. The minimum atomic E-state index is -1.01. The van der Waals surface area contributed by atoms with Crippen LogP contribution in [-0.2, 0) is 19.0 Å². The number of nitrogens with zero attached hydrogens (tertiary/aromatic N) is 1. The summed E-state index contributed by atoms with van der Waals surface area (Å²) in [6.45, 7) is 14.1. The molecule has 2 amide bonds. The highest BCUT2D eigenvalue weighted by atomic mass is 35.5. The van der Waals surface area contributed by atoms with E-state index >= 15 is 0 Å². The lowest BCUT2D eigenvalue weighted by Gasteiger charge is -2.22. The van der Waals surface area contributed by atoms with E-state index in [2.05, 4.69) is 15.6 Å². The molecule has 11 nitrogen and oxygen atoms in total. The first-order chi connectivity index (χ1) is 19.0. The molecular weight excluding hydrogens is 554 g/mol. The van der Waals surface area contributed by atoms with Crippen LogP contribution >= 0.6 is 11.6 Å². The van der Waals surface area contributed by atoms with E-state index < -0.39 is 35.3 Å². The van der Waals surface area contributed by atoms with E-state index in [4.69, 9.17) is 30.9 Å². The van der Waals surface area contributed by atoms with E-state index in [-0.39, 0.29) is 35.8 Å². The van der Waals surface area contributed by atoms with Crippen LogP contribution in [0.5, 0.6) is 0 Å². The number of amides is 2. The van der Waals surface area contributed by atoms with Gasteiger partial charge in [0, 0.05) is 11.5 Å². The summed E-state index contributed by atoms with van der Waals surface area (Å²) in [6.07, 6.45) is 2.76. The molecule has 41 heavy (non-hydrogen) atoms. The molecular formula is C29H38ClN3O8. The molecule has 1 aromatic rings. The van der Waals surface area contributed by atoms with Crippen molar-refractivity contribution in [3.8, 4) is 0 Å². The number of carboxylic acids is 1. The number of esters is 1. The van der Waals surface area contributed by atoms with Crippen LogP contribution in [0.25, 0.3) is 0 Å². The number of benzene rings is 1. The van der Waals surface area contributed by atoms with Crippen LogP contribution in [0.3, 0.4) is 0 Å². The maximum absolute atomic E-state index is 12.7. The molecule has 0 saturated heterocycles. The first-order valence-corrected chi connectivity index (χ1v) is 13.3. The van der Waals surface area contributed by atoms with Gasteiger partial charge in [-0.1, -0.05) is 31.5 Å². The van der Waals surface area contributed by atoms with Crippen LogP contribution in [0.15, 0.2) is 63.9 Å². The Balaban J connectivity index is 0.00000411. The number of alkyl carbamates (subject to hydrolysis) is 2. The van der Waals surface area contributed by atoms with Gasteiger partial charge in [-0.2, -0.15) is 0 Å². The van der Waals surface area contributed by atoms with E-state index in [0.717, 1.165) is 0 Å². The number of hydrogen-bond donors (Lipinski definition) is 3. The smallest absolute Gasteiger partial charge is 0.414 e. The molecule has 0 aromatic heterocycles. The van der Waals surface area contributed by atoms with Crippen molar-refractivity contribution < 1.29 is 38.5 Å². The summed E-state index contributed by atoms with van der Waals surface area (Å²) in [4.78, 5) is 52.4. The number of aliphatic carboxylic acids is 1. The maximum atomic E-state index is 12.7. The quantitative estimate of drug-likeness (QED) is 0.148. The Hall–Kier alpha value is -4.12. The monoisotopic (exact) mass is 591 g/mol. The second kappa shape index (κ2) is 15.6. The third kappa shape index (κ3) is 14.7. The van der Waals surface area contributed by atoms with Crippen LogP contribution in [0.4, 0.5) is 15.3 Å². The lowest BCUT2D eigenvalue weighted by atomic mass is 10.1. The number of guanidine groups is 1. The normalized spacial score (nSPS) is 13.0. The van der Waals surface area contributed by atoms with E-state index in [0.29, 0.717) is 10.6 Å². The van der Waals surface area contributed by atoms with Gasteiger partial charge < -0.3 is 19.3 Å². The Morgan fingerprint density at radius 2 is 1.41 bits per heavy atom. The molecule has 0 atom stereocenters.